The van der Waals surface area contributed by atoms with E-state index in [-0.39, 0.29) is 18.2 Å². The number of nitrogens with zero attached hydrogens (tertiary/aromatic N) is 1. The lowest BCUT2D eigenvalue weighted by molar-refractivity contribution is -0.129. The third-order valence-electron chi connectivity index (χ3n) is 3.66. The Morgan fingerprint density at radius 2 is 1.76 bits per heavy atom. The molecule has 0 saturated carbocycles. The zero-order chi connectivity index (χ0) is 18.4. The molecule has 6 heteroatoms. The molecule has 2 amide bonds. The van der Waals surface area contributed by atoms with Gasteiger partial charge in [-0.15, -0.1) is 0 Å². The van der Waals surface area contributed by atoms with Crippen LogP contribution in [0.1, 0.15) is 24.5 Å². The van der Waals surface area contributed by atoms with E-state index in [2.05, 4.69) is 5.32 Å². The van der Waals surface area contributed by atoms with E-state index in [1.807, 2.05) is 31.2 Å². The van der Waals surface area contributed by atoms with Gasteiger partial charge in [-0.25, -0.2) is 0 Å². The summed E-state index contributed by atoms with van der Waals surface area (Å²) in [5, 5.41) is 3.65. The number of halogens is 2. The van der Waals surface area contributed by atoms with E-state index in [0.29, 0.717) is 28.8 Å². The third kappa shape index (κ3) is 6.40. The number of amides is 2. The minimum Gasteiger partial charge on any atom is -0.338 e. The smallest absolute Gasteiger partial charge is 0.226 e. The summed E-state index contributed by atoms with van der Waals surface area (Å²) in [4.78, 5) is 25.6. The Labute approximate surface area is 157 Å². The van der Waals surface area contributed by atoms with Crippen LogP contribution in [-0.2, 0) is 16.1 Å². The zero-order valence-electron chi connectivity index (χ0n) is 14.2. The van der Waals surface area contributed by atoms with Crippen molar-refractivity contribution in [3.63, 3.8) is 0 Å². The maximum Gasteiger partial charge on any atom is 0.226 e. The van der Waals surface area contributed by atoms with Gasteiger partial charge in [0.2, 0.25) is 11.8 Å². The van der Waals surface area contributed by atoms with Crippen molar-refractivity contribution in [2.24, 2.45) is 0 Å². The summed E-state index contributed by atoms with van der Waals surface area (Å²) in [5.41, 5.74) is 2.71. The second-order valence-corrected chi connectivity index (χ2v) is 6.76. The van der Waals surface area contributed by atoms with Gasteiger partial charge in [-0.3, -0.25) is 9.59 Å². The Morgan fingerprint density at radius 3 is 2.36 bits per heavy atom. The highest BCUT2D eigenvalue weighted by Gasteiger charge is 2.12. The quantitative estimate of drug-likeness (QED) is 0.792. The number of nitrogens with one attached hydrogen (secondary N) is 1. The molecule has 2 aromatic carbocycles. The van der Waals surface area contributed by atoms with Crippen LogP contribution in [0, 0.1) is 6.92 Å². The van der Waals surface area contributed by atoms with Crippen molar-refractivity contribution in [1.82, 2.24) is 4.90 Å². The van der Waals surface area contributed by atoms with Gasteiger partial charge in [0, 0.05) is 42.2 Å². The second-order valence-electron chi connectivity index (χ2n) is 5.89. The van der Waals surface area contributed by atoms with E-state index in [9.17, 15) is 9.59 Å². The summed E-state index contributed by atoms with van der Waals surface area (Å²) in [6.45, 7) is 4.33. The van der Waals surface area contributed by atoms with Gasteiger partial charge in [0.25, 0.3) is 0 Å². The molecule has 0 atom stereocenters. The molecule has 2 rings (SSSR count). The van der Waals surface area contributed by atoms with Crippen molar-refractivity contribution in [3.05, 3.63) is 63.6 Å². The first-order valence-corrected chi connectivity index (χ1v) is 8.66. The van der Waals surface area contributed by atoms with Crippen molar-refractivity contribution in [2.45, 2.75) is 26.8 Å². The molecule has 0 spiro atoms. The van der Waals surface area contributed by atoms with Crippen LogP contribution in [0.3, 0.4) is 0 Å². The molecule has 0 saturated heterocycles. The van der Waals surface area contributed by atoms with Crippen LogP contribution in [-0.4, -0.2) is 23.3 Å². The molecule has 0 bridgehead atoms. The van der Waals surface area contributed by atoms with E-state index in [0.717, 1.165) is 11.1 Å². The molecule has 0 aromatic heterocycles. The van der Waals surface area contributed by atoms with Gasteiger partial charge in [-0.2, -0.15) is 0 Å². The average Bonchev–Trinajstić information content (AvgIpc) is 2.50. The number of aryl methyl sites for hydroxylation is 1. The topological polar surface area (TPSA) is 49.4 Å². The summed E-state index contributed by atoms with van der Waals surface area (Å²) in [6.07, 6.45) is 0.190. The van der Waals surface area contributed by atoms with Gasteiger partial charge in [0.15, 0.2) is 0 Å². The maximum atomic E-state index is 12.1. The molecule has 0 aliphatic heterocycles. The standard InChI is InChI=1S/C19H20Cl2N2O2/c1-13-4-3-5-15(8-13)12-23(14(2)24)7-6-19(25)22-18-10-16(20)9-17(21)11-18/h3-5,8-11H,6-7,12H2,1-2H3,(H,22,25). The van der Waals surface area contributed by atoms with E-state index >= 15 is 0 Å². The van der Waals surface area contributed by atoms with Crippen molar-refractivity contribution < 1.29 is 9.59 Å². The molecule has 0 heterocycles. The predicted octanol–water partition coefficient (Wildman–Crippen LogP) is 4.68. The minimum absolute atomic E-state index is 0.0693. The second kappa shape index (κ2) is 8.88. The summed E-state index contributed by atoms with van der Waals surface area (Å²) >= 11 is 11.8. The molecule has 1 N–H and O–H groups in total. The number of rotatable bonds is 6. The van der Waals surface area contributed by atoms with Crippen LogP contribution in [0.25, 0.3) is 0 Å². The molecule has 0 aliphatic carbocycles. The van der Waals surface area contributed by atoms with Crippen LogP contribution < -0.4 is 5.32 Å². The highest BCUT2D eigenvalue weighted by atomic mass is 35.5. The van der Waals surface area contributed by atoms with Crippen LogP contribution >= 0.6 is 23.2 Å². The van der Waals surface area contributed by atoms with Crippen LogP contribution in [0.2, 0.25) is 10.0 Å². The monoisotopic (exact) mass is 378 g/mol. The lowest BCUT2D eigenvalue weighted by atomic mass is 10.1. The van der Waals surface area contributed by atoms with E-state index in [1.165, 1.54) is 6.92 Å². The van der Waals surface area contributed by atoms with Gasteiger partial charge < -0.3 is 10.2 Å². The van der Waals surface area contributed by atoms with Gasteiger partial charge >= 0.3 is 0 Å². The normalized spacial score (nSPS) is 10.4. The fourth-order valence-electron chi connectivity index (χ4n) is 2.46. The highest BCUT2D eigenvalue weighted by Crippen LogP contribution is 2.22. The minimum atomic E-state index is -0.200. The fourth-order valence-corrected chi connectivity index (χ4v) is 2.99. The largest absolute Gasteiger partial charge is 0.338 e. The Morgan fingerprint density at radius 1 is 1.08 bits per heavy atom. The lowest BCUT2D eigenvalue weighted by Gasteiger charge is -2.21. The van der Waals surface area contributed by atoms with E-state index < -0.39 is 0 Å². The zero-order valence-corrected chi connectivity index (χ0v) is 15.7. The van der Waals surface area contributed by atoms with Crippen molar-refractivity contribution >= 4 is 40.7 Å². The number of carbonyl (C=O) groups is 2. The molecule has 0 aliphatic rings. The first-order chi connectivity index (χ1) is 11.8. The molecule has 0 fully saturated rings. The Balaban J connectivity index is 1.94. The molecule has 0 radical (unpaired) electrons. The summed E-state index contributed by atoms with van der Waals surface area (Å²) in [5.74, 6) is -0.270. The van der Waals surface area contributed by atoms with E-state index in [4.69, 9.17) is 23.2 Å². The number of hydrogen-bond donors (Lipinski definition) is 1. The Kier molecular flexibility index (Phi) is 6.85. The van der Waals surface area contributed by atoms with Gasteiger partial charge in [-0.1, -0.05) is 53.0 Å². The summed E-state index contributed by atoms with van der Waals surface area (Å²) < 4.78 is 0. The lowest BCUT2D eigenvalue weighted by Crippen LogP contribution is -2.31. The van der Waals surface area contributed by atoms with E-state index in [1.54, 1.807) is 23.1 Å². The predicted molar refractivity (Wildman–Crippen MR) is 102 cm³/mol. The first kappa shape index (κ1) is 19.3. The molecule has 25 heavy (non-hydrogen) atoms. The molecule has 2 aromatic rings. The molecule has 0 unspecified atom stereocenters. The van der Waals surface area contributed by atoms with Gasteiger partial charge in [0.1, 0.15) is 0 Å². The first-order valence-electron chi connectivity index (χ1n) is 7.90. The highest BCUT2D eigenvalue weighted by molar-refractivity contribution is 6.35. The van der Waals surface area contributed by atoms with Crippen molar-refractivity contribution in [2.75, 3.05) is 11.9 Å². The summed E-state index contributed by atoms with van der Waals surface area (Å²) in [6, 6.07) is 12.8. The number of carbonyl (C=O) groups excluding carboxylic acids is 2. The Bertz CT molecular complexity index is 758. The Hall–Kier alpha value is -2.04. The molecular formula is C19H20Cl2N2O2. The third-order valence-corrected chi connectivity index (χ3v) is 4.09. The van der Waals surface area contributed by atoms with Crippen LogP contribution in [0.4, 0.5) is 5.69 Å². The fraction of sp³-hybridized carbons (Fsp3) is 0.263. The van der Waals surface area contributed by atoms with Crippen molar-refractivity contribution in [3.8, 4) is 0 Å². The summed E-state index contributed by atoms with van der Waals surface area (Å²) in [7, 11) is 0. The molecular weight excluding hydrogens is 359 g/mol. The number of anilines is 1. The number of hydrogen-bond acceptors (Lipinski definition) is 2. The van der Waals surface area contributed by atoms with Crippen LogP contribution in [0.15, 0.2) is 42.5 Å². The van der Waals surface area contributed by atoms with Crippen molar-refractivity contribution in [1.29, 1.82) is 0 Å². The number of benzene rings is 2. The maximum absolute atomic E-state index is 12.1. The SMILES string of the molecule is CC(=O)N(CCC(=O)Nc1cc(Cl)cc(Cl)c1)Cc1cccc(C)c1. The van der Waals surface area contributed by atoms with Crippen LogP contribution in [0.5, 0.6) is 0 Å². The molecule has 132 valence electrons. The van der Waals surface area contributed by atoms with Gasteiger partial charge in [0.05, 0.1) is 0 Å². The van der Waals surface area contributed by atoms with Gasteiger partial charge in [-0.05, 0) is 30.7 Å². The average molecular weight is 379 g/mol. The molecule has 4 nitrogen and oxygen atoms in total.